The third kappa shape index (κ3) is 4.32. The minimum absolute atomic E-state index is 0.136. The minimum Gasteiger partial charge on any atom is -0.342 e. The Morgan fingerprint density at radius 2 is 2.20 bits per heavy atom. The number of hydrogen-bond donors (Lipinski definition) is 1. The molecular weight excluding hydrogens is 319 g/mol. The number of likely N-dealkylation sites (tertiary alicyclic amines) is 1. The van der Waals surface area contributed by atoms with Crippen molar-refractivity contribution in [3.63, 3.8) is 0 Å². The van der Waals surface area contributed by atoms with Crippen LogP contribution in [-0.2, 0) is 4.79 Å². The summed E-state index contributed by atoms with van der Waals surface area (Å²) in [6.45, 7) is 5.27. The first-order valence-corrected chi connectivity index (χ1v) is 8.71. The van der Waals surface area contributed by atoms with Gasteiger partial charge in [0.2, 0.25) is 5.91 Å². The van der Waals surface area contributed by atoms with Gasteiger partial charge in [-0.3, -0.25) is 4.79 Å². The summed E-state index contributed by atoms with van der Waals surface area (Å²) in [6.07, 6.45) is 2.45. The summed E-state index contributed by atoms with van der Waals surface area (Å²) >= 11 is 0. The number of nitrogens with zero attached hydrogens (tertiary/aromatic N) is 3. The largest absolute Gasteiger partial charge is 0.342 e. The summed E-state index contributed by atoms with van der Waals surface area (Å²) < 4.78 is 13.4. The SMILES string of the molecule is CCC(=O)N1CCCC(c2nc(C)cc(Nc3cccc(F)c3)n2)C1. The minimum atomic E-state index is -0.294. The molecule has 0 spiro atoms. The fourth-order valence-electron chi connectivity index (χ4n) is 3.19. The molecule has 25 heavy (non-hydrogen) atoms. The molecule has 6 heteroatoms. The number of anilines is 2. The molecule has 1 saturated heterocycles. The molecule has 1 amide bonds. The number of carbonyl (C=O) groups excluding carboxylic acids is 1. The van der Waals surface area contributed by atoms with Crippen LogP contribution < -0.4 is 5.32 Å². The van der Waals surface area contributed by atoms with Crippen molar-refractivity contribution >= 4 is 17.4 Å². The quantitative estimate of drug-likeness (QED) is 0.918. The third-order valence-corrected chi connectivity index (χ3v) is 4.41. The molecule has 0 saturated carbocycles. The van der Waals surface area contributed by atoms with Gasteiger partial charge in [0.05, 0.1) is 0 Å². The highest BCUT2D eigenvalue weighted by molar-refractivity contribution is 5.76. The molecule has 132 valence electrons. The average Bonchev–Trinajstić information content (AvgIpc) is 2.60. The Balaban J connectivity index is 1.80. The van der Waals surface area contributed by atoms with Crippen molar-refractivity contribution in [1.82, 2.24) is 14.9 Å². The van der Waals surface area contributed by atoms with E-state index in [1.807, 2.05) is 24.8 Å². The third-order valence-electron chi connectivity index (χ3n) is 4.41. The van der Waals surface area contributed by atoms with Gasteiger partial charge in [-0.2, -0.15) is 0 Å². The predicted molar refractivity (Wildman–Crippen MR) is 95.3 cm³/mol. The molecule has 2 aromatic rings. The van der Waals surface area contributed by atoms with E-state index >= 15 is 0 Å². The van der Waals surface area contributed by atoms with Crippen LogP contribution in [0.25, 0.3) is 0 Å². The highest BCUT2D eigenvalue weighted by Crippen LogP contribution is 2.26. The summed E-state index contributed by atoms with van der Waals surface area (Å²) in [5, 5.41) is 3.14. The van der Waals surface area contributed by atoms with Crippen LogP contribution in [0, 0.1) is 12.7 Å². The maximum Gasteiger partial charge on any atom is 0.222 e. The van der Waals surface area contributed by atoms with Gasteiger partial charge in [0.15, 0.2) is 0 Å². The lowest BCUT2D eigenvalue weighted by Gasteiger charge is -2.32. The summed E-state index contributed by atoms with van der Waals surface area (Å²) in [5.41, 5.74) is 1.50. The van der Waals surface area contributed by atoms with Gasteiger partial charge in [-0.15, -0.1) is 0 Å². The van der Waals surface area contributed by atoms with Crippen molar-refractivity contribution in [2.75, 3.05) is 18.4 Å². The number of rotatable bonds is 4. The van der Waals surface area contributed by atoms with Crippen molar-refractivity contribution in [3.8, 4) is 0 Å². The fourth-order valence-corrected chi connectivity index (χ4v) is 3.19. The monoisotopic (exact) mass is 342 g/mol. The maximum atomic E-state index is 13.4. The van der Waals surface area contributed by atoms with E-state index in [1.54, 1.807) is 12.1 Å². The van der Waals surface area contributed by atoms with Crippen LogP contribution in [0.3, 0.4) is 0 Å². The van der Waals surface area contributed by atoms with Crippen molar-refractivity contribution in [3.05, 3.63) is 47.7 Å². The molecule has 3 rings (SSSR count). The van der Waals surface area contributed by atoms with Crippen LogP contribution in [0.15, 0.2) is 30.3 Å². The number of amides is 1. The van der Waals surface area contributed by atoms with Crippen LogP contribution >= 0.6 is 0 Å². The molecule has 0 aliphatic carbocycles. The number of halogens is 1. The number of carbonyl (C=O) groups is 1. The topological polar surface area (TPSA) is 58.1 Å². The second kappa shape index (κ2) is 7.59. The van der Waals surface area contributed by atoms with Crippen molar-refractivity contribution in [1.29, 1.82) is 0 Å². The van der Waals surface area contributed by atoms with Gasteiger partial charge in [-0.25, -0.2) is 14.4 Å². The lowest BCUT2D eigenvalue weighted by molar-refractivity contribution is -0.132. The van der Waals surface area contributed by atoms with Crippen LogP contribution in [-0.4, -0.2) is 33.9 Å². The lowest BCUT2D eigenvalue weighted by atomic mass is 9.96. The summed E-state index contributed by atoms with van der Waals surface area (Å²) in [4.78, 5) is 23.1. The molecule has 1 aliphatic heterocycles. The molecular formula is C19H23FN4O. The standard InChI is InChI=1S/C19H23FN4O/c1-3-18(25)24-9-5-6-14(12-24)19-21-13(2)10-17(23-19)22-16-8-4-7-15(20)11-16/h4,7-8,10-11,14H,3,5-6,9,12H2,1-2H3,(H,21,22,23). The van der Waals surface area contributed by atoms with Gasteiger partial charge in [-0.05, 0) is 38.0 Å². The zero-order valence-electron chi connectivity index (χ0n) is 14.6. The van der Waals surface area contributed by atoms with E-state index in [0.29, 0.717) is 24.5 Å². The summed E-state index contributed by atoms with van der Waals surface area (Å²) in [7, 11) is 0. The van der Waals surface area contributed by atoms with Crippen molar-refractivity contribution in [2.45, 2.75) is 39.0 Å². The van der Waals surface area contributed by atoms with Gasteiger partial charge in [-0.1, -0.05) is 13.0 Å². The lowest BCUT2D eigenvalue weighted by Crippen LogP contribution is -2.39. The molecule has 1 atom stereocenters. The van der Waals surface area contributed by atoms with E-state index < -0.39 is 0 Å². The van der Waals surface area contributed by atoms with Crippen LogP contribution in [0.4, 0.5) is 15.9 Å². The summed E-state index contributed by atoms with van der Waals surface area (Å²) in [6, 6.07) is 8.12. The fraction of sp³-hybridized carbons (Fsp3) is 0.421. The van der Waals surface area contributed by atoms with E-state index in [-0.39, 0.29) is 17.6 Å². The summed E-state index contributed by atoms with van der Waals surface area (Å²) in [5.74, 6) is 1.41. The van der Waals surface area contributed by atoms with Gasteiger partial charge in [0.1, 0.15) is 17.5 Å². The van der Waals surface area contributed by atoms with Crippen molar-refractivity contribution in [2.24, 2.45) is 0 Å². The molecule has 1 unspecified atom stereocenters. The number of aryl methyl sites for hydroxylation is 1. The Morgan fingerprint density at radius 1 is 1.36 bits per heavy atom. The maximum absolute atomic E-state index is 13.4. The predicted octanol–water partition coefficient (Wildman–Crippen LogP) is 3.78. The first kappa shape index (κ1) is 17.3. The number of hydrogen-bond acceptors (Lipinski definition) is 4. The Morgan fingerprint density at radius 3 is 2.96 bits per heavy atom. The Hall–Kier alpha value is -2.50. The first-order chi connectivity index (χ1) is 12.0. The molecule has 1 aromatic carbocycles. The number of piperidine rings is 1. The zero-order chi connectivity index (χ0) is 17.8. The Kier molecular flexibility index (Phi) is 5.26. The highest BCUT2D eigenvalue weighted by atomic mass is 19.1. The van der Waals surface area contributed by atoms with Crippen molar-refractivity contribution < 1.29 is 9.18 Å². The molecule has 5 nitrogen and oxygen atoms in total. The molecule has 0 radical (unpaired) electrons. The Labute approximate surface area is 147 Å². The second-order valence-corrected chi connectivity index (χ2v) is 6.42. The Bertz CT molecular complexity index is 765. The normalized spacial score (nSPS) is 17.4. The van der Waals surface area contributed by atoms with Crippen LogP contribution in [0.5, 0.6) is 0 Å². The van der Waals surface area contributed by atoms with E-state index in [1.165, 1.54) is 12.1 Å². The van der Waals surface area contributed by atoms with E-state index in [9.17, 15) is 9.18 Å². The molecule has 1 N–H and O–H groups in total. The molecule has 1 aliphatic rings. The van der Waals surface area contributed by atoms with Gasteiger partial charge >= 0.3 is 0 Å². The number of aromatic nitrogens is 2. The smallest absolute Gasteiger partial charge is 0.222 e. The number of nitrogens with one attached hydrogen (secondary N) is 1. The second-order valence-electron chi connectivity index (χ2n) is 6.42. The molecule has 1 aromatic heterocycles. The van der Waals surface area contributed by atoms with Gasteiger partial charge in [0.25, 0.3) is 0 Å². The average molecular weight is 342 g/mol. The van der Waals surface area contributed by atoms with E-state index in [2.05, 4.69) is 15.3 Å². The molecule has 2 heterocycles. The highest BCUT2D eigenvalue weighted by Gasteiger charge is 2.26. The van der Waals surface area contributed by atoms with Gasteiger partial charge < -0.3 is 10.2 Å². The molecule has 0 bridgehead atoms. The van der Waals surface area contributed by atoms with E-state index in [4.69, 9.17) is 0 Å². The molecule has 1 fully saturated rings. The first-order valence-electron chi connectivity index (χ1n) is 8.71. The van der Waals surface area contributed by atoms with Crippen LogP contribution in [0.1, 0.15) is 43.6 Å². The zero-order valence-corrected chi connectivity index (χ0v) is 14.6. The van der Waals surface area contributed by atoms with E-state index in [0.717, 1.165) is 30.9 Å². The van der Waals surface area contributed by atoms with Crippen LogP contribution in [0.2, 0.25) is 0 Å². The number of benzene rings is 1. The van der Waals surface area contributed by atoms with Gasteiger partial charge in [0, 0.05) is 42.9 Å².